The Balaban J connectivity index is 1.30. The quantitative estimate of drug-likeness (QED) is 0.723. The van der Waals surface area contributed by atoms with Gasteiger partial charge < -0.3 is 15.1 Å². The molecule has 3 bridgehead atoms. The molecule has 2 heterocycles. The Morgan fingerprint density at radius 2 is 2.10 bits per heavy atom. The van der Waals surface area contributed by atoms with E-state index in [-0.39, 0.29) is 22.9 Å². The van der Waals surface area contributed by atoms with Crippen molar-refractivity contribution in [3.05, 3.63) is 17.5 Å². The molecule has 1 aromatic rings. The number of urea groups is 1. The second kappa shape index (κ2) is 7.85. The lowest BCUT2D eigenvalue weighted by Gasteiger charge is -2.47. The molecule has 2 amide bonds. The van der Waals surface area contributed by atoms with Gasteiger partial charge in [0.05, 0.1) is 6.04 Å². The minimum atomic E-state index is 0.0365. The number of aromatic nitrogens is 2. The molecule has 1 saturated heterocycles. The van der Waals surface area contributed by atoms with E-state index in [9.17, 15) is 4.79 Å². The summed E-state index contributed by atoms with van der Waals surface area (Å²) in [4.78, 5) is 26.3. The number of amides is 2. The van der Waals surface area contributed by atoms with Crippen molar-refractivity contribution in [1.82, 2.24) is 20.2 Å². The van der Waals surface area contributed by atoms with Gasteiger partial charge >= 0.3 is 6.03 Å². The molecule has 5 unspecified atom stereocenters. The molecule has 1 N–H and O–H groups in total. The van der Waals surface area contributed by atoms with Crippen LogP contribution in [-0.4, -0.2) is 52.1 Å². The molecule has 6 nitrogen and oxygen atoms in total. The number of carbonyl (C=O) groups excluding carboxylic acids is 1. The van der Waals surface area contributed by atoms with Gasteiger partial charge in [0.25, 0.3) is 0 Å². The number of hydrogen-bond donors (Lipinski definition) is 1. The highest BCUT2D eigenvalue weighted by Gasteiger charge is 2.50. The van der Waals surface area contributed by atoms with Crippen LogP contribution in [0.4, 0.5) is 10.6 Å². The van der Waals surface area contributed by atoms with Crippen LogP contribution in [0, 0.1) is 23.7 Å². The number of anilines is 1. The van der Waals surface area contributed by atoms with E-state index in [1.54, 1.807) is 6.20 Å². The van der Waals surface area contributed by atoms with Gasteiger partial charge in [0.2, 0.25) is 5.28 Å². The second-order valence-corrected chi connectivity index (χ2v) is 10.8. The van der Waals surface area contributed by atoms with Gasteiger partial charge in [-0.2, -0.15) is 0 Å². The van der Waals surface area contributed by atoms with Crippen molar-refractivity contribution in [3.63, 3.8) is 0 Å². The first-order valence-electron chi connectivity index (χ1n) is 11.7. The lowest BCUT2D eigenvalue weighted by Crippen LogP contribution is -2.63. The number of carbonyl (C=O) groups is 1. The highest BCUT2D eigenvalue weighted by atomic mass is 35.5. The lowest BCUT2D eigenvalue weighted by molar-refractivity contribution is 0.115. The molecule has 1 aromatic heterocycles. The zero-order valence-electron chi connectivity index (χ0n) is 18.2. The number of fused-ring (bicyclic) bond motifs is 2. The third-order valence-corrected chi connectivity index (χ3v) is 8.44. The van der Waals surface area contributed by atoms with Gasteiger partial charge in [-0.05, 0) is 73.4 Å². The molecule has 30 heavy (non-hydrogen) atoms. The first-order valence-corrected chi connectivity index (χ1v) is 12.1. The molecule has 0 aromatic carbocycles. The number of halogens is 1. The highest BCUT2D eigenvalue weighted by molar-refractivity contribution is 6.28. The number of piperazine rings is 1. The Kier molecular flexibility index (Phi) is 5.32. The van der Waals surface area contributed by atoms with Crippen LogP contribution in [0.2, 0.25) is 5.28 Å². The molecule has 3 aliphatic carbocycles. The Labute approximate surface area is 184 Å². The fraction of sp³-hybridized carbons (Fsp3) is 0.783. The molecule has 4 aliphatic rings. The smallest absolute Gasteiger partial charge is 0.318 e. The summed E-state index contributed by atoms with van der Waals surface area (Å²) >= 11 is 6.00. The molecule has 1 aliphatic heterocycles. The summed E-state index contributed by atoms with van der Waals surface area (Å²) in [5.74, 6) is 3.80. The lowest BCUT2D eigenvalue weighted by atomic mass is 9.73. The molecular weight excluding hydrogens is 398 g/mol. The summed E-state index contributed by atoms with van der Waals surface area (Å²) in [5.41, 5.74) is 0.0365. The van der Waals surface area contributed by atoms with Crippen LogP contribution < -0.4 is 10.2 Å². The van der Waals surface area contributed by atoms with Crippen LogP contribution in [0.15, 0.2) is 12.3 Å². The summed E-state index contributed by atoms with van der Waals surface area (Å²) in [6.45, 7) is 6.67. The molecule has 5 rings (SSSR count). The van der Waals surface area contributed by atoms with Crippen LogP contribution in [0.3, 0.4) is 0 Å². The summed E-state index contributed by atoms with van der Waals surface area (Å²) in [6, 6.07) is 2.20. The van der Waals surface area contributed by atoms with Crippen molar-refractivity contribution >= 4 is 23.4 Å². The molecular formula is C23H34ClN5O. The van der Waals surface area contributed by atoms with Crippen LogP contribution in [0.25, 0.3) is 0 Å². The third kappa shape index (κ3) is 3.76. The van der Waals surface area contributed by atoms with Crippen molar-refractivity contribution < 1.29 is 4.79 Å². The van der Waals surface area contributed by atoms with Gasteiger partial charge in [-0.1, -0.05) is 26.7 Å². The average Bonchev–Trinajstić information content (AvgIpc) is 2.94. The fourth-order valence-corrected chi connectivity index (χ4v) is 7.10. The predicted molar refractivity (Wildman–Crippen MR) is 119 cm³/mol. The van der Waals surface area contributed by atoms with E-state index in [1.165, 1.54) is 38.5 Å². The van der Waals surface area contributed by atoms with E-state index >= 15 is 0 Å². The second-order valence-electron chi connectivity index (χ2n) is 10.5. The van der Waals surface area contributed by atoms with E-state index in [4.69, 9.17) is 11.6 Å². The number of nitrogens with one attached hydrogen (secondary N) is 1. The van der Waals surface area contributed by atoms with Crippen LogP contribution >= 0.6 is 11.6 Å². The van der Waals surface area contributed by atoms with Crippen molar-refractivity contribution in [3.8, 4) is 0 Å². The topological polar surface area (TPSA) is 61.4 Å². The van der Waals surface area contributed by atoms with Crippen molar-refractivity contribution in [1.29, 1.82) is 0 Å². The fourth-order valence-electron chi connectivity index (χ4n) is 6.96. The number of hydrogen-bond acceptors (Lipinski definition) is 4. The standard InChI is InChI=1S/C23H34ClN5O/c1-15(2)19-14-28(20-5-7-25-21(24)26-20)8-9-29(19)22(30)27-23-6-3-4-17-10-16(12-23)11-18(17)13-23/h5,7,15-19H,3-4,6,8-14H2,1-2H3,(H,27,30). The Hall–Kier alpha value is -1.56. The minimum Gasteiger partial charge on any atom is -0.353 e. The zero-order chi connectivity index (χ0) is 20.9. The van der Waals surface area contributed by atoms with Gasteiger partial charge in [0, 0.05) is 31.4 Å². The van der Waals surface area contributed by atoms with Crippen molar-refractivity contribution in [2.24, 2.45) is 23.7 Å². The Morgan fingerprint density at radius 1 is 1.27 bits per heavy atom. The van der Waals surface area contributed by atoms with Gasteiger partial charge in [-0.25, -0.2) is 14.8 Å². The summed E-state index contributed by atoms with van der Waals surface area (Å²) in [5, 5.41) is 3.87. The monoisotopic (exact) mass is 431 g/mol. The Bertz CT molecular complexity index is 804. The number of rotatable bonds is 3. The van der Waals surface area contributed by atoms with Crippen molar-refractivity contribution in [2.75, 3.05) is 24.5 Å². The molecule has 7 heteroatoms. The first kappa shape index (κ1) is 20.3. The normalized spacial score (nSPS) is 35.6. The Morgan fingerprint density at radius 3 is 2.90 bits per heavy atom. The summed E-state index contributed by atoms with van der Waals surface area (Å²) in [7, 11) is 0. The van der Waals surface area contributed by atoms with Crippen LogP contribution in [0.5, 0.6) is 0 Å². The van der Waals surface area contributed by atoms with E-state index in [0.29, 0.717) is 12.5 Å². The summed E-state index contributed by atoms with van der Waals surface area (Å²) < 4.78 is 0. The molecule has 0 radical (unpaired) electrons. The van der Waals surface area contributed by atoms with Gasteiger partial charge in [0.1, 0.15) is 5.82 Å². The van der Waals surface area contributed by atoms with E-state index in [0.717, 1.165) is 43.1 Å². The van der Waals surface area contributed by atoms with Gasteiger partial charge in [0.15, 0.2) is 0 Å². The SMILES string of the molecule is CC(C)C1CN(c2ccnc(Cl)n2)CCN1C(=O)NC12CCCC3CC(CC3C1)C2. The molecule has 0 spiro atoms. The highest BCUT2D eigenvalue weighted by Crippen LogP contribution is 2.55. The third-order valence-electron chi connectivity index (χ3n) is 8.26. The van der Waals surface area contributed by atoms with Gasteiger partial charge in [-0.3, -0.25) is 0 Å². The predicted octanol–water partition coefficient (Wildman–Crippen LogP) is 4.35. The van der Waals surface area contributed by atoms with Crippen LogP contribution in [0.1, 0.15) is 58.8 Å². The van der Waals surface area contributed by atoms with Crippen LogP contribution in [-0.2, 0) is 0 Å². The molecule has 4 fully saturated rings. The average molecular weight is 432 g/mol. The number of nitrogens with zero attached hydrogens (tertiary/aromatic N) is 4. The molecule has 3 saturated carbocycles. The summed E-state index contributed by atoms with van der Waals surface area (Å²) in [6.07, 6.45) is 10.7. The molecule has 164 valence electrons. The maximum atomic E-state index is 13.6. The van der Waals surface area contributed by atoms with E-state index in [1.807, 2.05) is 6.07 Å². The van der Waals surface area contributed by atoms with E-state index < -0.39 is 0 Å². The van der Waals surface area contributed by atoms with Gasteiger partial charge in [-0.15, -0.1) is 0 Å². The molecule has 5 atom stereocenters. The zero-order valence-corrected chi connectivity index (χ0v) is 18.9. The van der Waals surface area contributed by atoms with E-state index in [2.05, 4.69) is 38.9 Å². The minimum absolute atomic E-state index is 0.0365. The maximum Gasteiger partial charge on any atom is 0.318 e. The largest absolute Gasteiger partial charge is 0.353 e. The van der Waals surface area contributed by atoms with Crippen molar-refractivity contribution in [2.45, 2.75) is 70.4 Å². The maximum absolute atomic E-state index is 13.6. The first-order chi connectivity index (χ1) is 14.4.